The SMILES string of the molecule is COC(=O)CCCC(C)(C)C(=O)Oc1cc(COC(=O)/C=C/c2ccccc2)c(CBr)cc1OC. The number of methoxy groups -OCH3 is 2. The number of esters is 3. The first-order valence-electron chi connectivity index (χ1n) is 11.1. The van der Waals surface area contributed by atoms with Gasteiger partial charge >= 0.3 is 17.9 Å². The molecule has 0 bridgehead atoms. The molecule has 7 nitrogen and oxygen atoms in total. The molecule has 35 heavy (non-hydrogen) atoms. The first-order chi connectivity index (χ1) is 16.7. The van der Waals surface area contributed by atoms with Gasteiger partial charge in [0.05, 0.1) is 19.6 Å². The lowest BCUT2D eigenvalue weighted by molar-refractivity contribution is -0.146. The summed E-state index contributed by atoms with van der Waals surface area (Å²) in [5.74, 6) is -0.651. The van der Waals surface area contributed by atoms with Gasteiger partial charge < -0.3 is 18.9 Å². The van der Waals surface area contributed by atoms with E-state index in [4.69, 9.17) is 14.2 Å². The highest BCUT2D eigenvalue weighted by Crippen LogP contribution is 2.35. The van der Waals surface area contributed by atoms with Gasteiger partial charge in [-0.3, -0.25) is 9.59 Å². The van der Waals surface area contributed by atoms with Crippen molar-refractivity contribution in [2.75, 3.05) is 14.2 Å². The lowest BCUT2D eigenvalue weighted by Gasteiger charge is -2.23. The van der Waals surface area contributed by atoms with E-state index in [1.807, 2.05) is 30.3 Å². The zero-order chi connectivity index (χ0) is 25.8. The number of benzene rings is 2. The van der Waals surface area contributed by atoms with E-state index >= 15 is 0 Å². The first-order valence-corrected chi connectivity index (χ1v) is 12.3. The largest absolute Gasteiger partial charge is 0.493 e. The molecule has 188 valence electrons. The van der Waals surface area contributed by atoms with E-state index in [9.17, 15) is 14.4 Å². The van der Waals surface area contributed by atoms with Gasteiger partial charge in [-0.2, -0.15) is 0 Å². The number of carbonyl (C=O) groups is 3. The van der Waals surface area contributed by atoms with Gasteiger partial charge in [0.2, 0.25) is 0 Å². The minimum Gasteiger partial charge on any atom is -0.493 e. The molecule has 0 unspecified atom stereocenters. The first kappa shape index (κ1) is 28.1. The second-order valence-corrected chi connectivity index (χ2v) is 9.02. The minimum absolute atomic E-state index is 0.00400. The van der Waals surface area contributed by atoms with E-state index in [0.717, 1.165) is 11.1 Å². The Labute approximate surface area is 214 Å². The topological polar surface area (TPSA) is 88.1 Å². The van der Waals surface area contributed by atoms with Crippen LogP contribution >= 0.6 is 15.9 Å². The highest BCUT2D eigenvalue weighted by molar-refractivity contribution is 9.08. The predicted molar refractivity (Wildman–Crippen MR) is 136 cm³/mol. The Bertz CT molecular complexity index is 1040. The summed E-state index contributed by atoms with van der Waals surface area (Å²) in [6, 6.07) is 12.8. The monoisotopic (exact) mass is 546 g/mol. The van der Waals surface area contributed by atoms with E-state index in [-0.39, 0.29) is 24.7 Å². The predicted octanol–water partition coefficient (Wildman–Crippen LogP) is 5.62. The van der Waals surface area contributed by atoms with E-state index in [0.29, 0.717) is 29.5 Å². The van der Waals surface area contributed by atoms with E-state index in [1.165, 1.54) is 20.3 Å². The third-order valence-electron chi connectivity index (χ3n) is 5.38. The smallest absolute Gasteiger partial charge is 0.331 e. The molecule has 0 aliphatic heterocycles. The summed E-state index contributed by atoms with van der Waals surface area (Å²) < 4.78 is 21.2. The van der Waals surface area contributed by atoms with Crippen LogP contribution in [-0.2, 0) is 35.8 Å². The normalized spacial score (nSPS) is 11.2. The zero-order valence-corrected chi connectivity index (χ0v) is 22.1. The maximum absolute atomic E-state index is 12.9. The van der Waals surface area contributed by atoms with E-state index in [1.54, 1.807) is 32.1 Å². The van der Waals surface area contributed by atoms with E-state index in [2.05, 4.69) is 20.7 Å². The highest BCUT2D eigenvalue weighted by atomic mass is 79.9. The summed E-state index contributed by atoms with van der Waals surface area (Å²) in [4.78, 5) is 36.5. The number of hydrogen-bond donors (Lipinski definition) is 0. The molecule has 0 saturated carbocycles. The van der Waals surface area contributed by atoms with Crippen LogP contribution in [0.25, 0.3) is 6.08 Å². The Hall–Kier alpha value is -3.13. The molecular weight excluding hydrogens is 516 g/mol. The van der Waals surface area contributed by atoms with Crippen LogP contribution in [0.1, 0.15) is 49.8 Å². The van der Waals surface area contributed by atoms with Gasteiger partial charge in [0.15, 0.2) is 11.5 Å². The fraction of sp³-hybridized carbons (Fsp3) is 0.370. The molecule has 2 aromatic carbocycles. The van der Waals surface area contributed by atoms with Gasteiger partial charge in [0.25, 0.3) is 0 Å². The summed E-state index contributed by atoms with van der Waals surface area (Å²) in [6.45, 7) is 3.51. The summed E-state index contributed by atoms with van der Waals surface area (Å²) in [5.41, 5.74) is 1.56. The minimum atomic E-state index is -0.831. The maximum Gasteiger partial charge on any atom is 0.331 e. The van der Waals surface area contributed by atoms with Crippen molar-refractivity contribution >= 4 is 39.9 Å². The van der Waals surface area contributed by atoms with Gasteiger partial charge in [-0.1, -0.05) is 46.3 Å². The Morgan fingerprint density at radius 2 is 1.69 bits per heavy atom. The molecule has 0 fully saturated rings. The van der Waals surface area contributed by atoms with Crippen molar-refractivity contribution in [3.8, 4) is 11.5 Å². The molecule has 0 radical (unpaired) electrons. The molecular formula is C27H31BrO7. The molecule has 0 aromatic heterocycles. The number of ether oxygens (including phenoxy) is 4. The van der Waals surface area contributed by atoms with Crippen LogP contribution in [0.4, 0.5) is 0 Å². The van der Waals surface area contributed by atoms with Crippen LogP contribution in [0.2, 0.25) is 0 Å². The summed E-state index contributed by atoms with van der Waals surface area (Å²) >= 11 is 3.44. The molecule has 0 spiro atoms. The van der Waals surface area contributed by atoms with Crippen molar-refractivity contribution in [1.29, 1.82) is 0 Å². The highest BCUT2D eigenvalue weighted by Gasteiger charge is 2.31. The lowest BCUT2D eigenvalue weighted by Crippen LogP contribution is -2.29. The Kier molecular flexibility index (Phi) is 11.0. The molecule has 2 rings (SSSR count). The number of alkyl halides is 1. The third-order valence-corrected chi connectivity index (χ3v) is 5.98. The molecule has 0 aliphatic rings. The Morgan fingerprint density at radius 3 is 2.31 bits per heavy atom. The van der Waals surface area contributed by atoms with E-state index < -0.39 is 17.4 Å². The average Bonchev–Trinajstić information content (AvgIpc) is 2.86. The van der Waals surface area contributed by atoms with Crippen molar-refractivity contribution in [2.24, 2.45) is 5.41 Å². The summed E-state index contributed by atoms with van der Waals surface area (Å²) in [7, 11) is 2.82. The molecule has 0 heterocycles. The van der Waals surface area contributed by atoms with Crippen molar-refractivity contribution in [1.82, 2.24) is 0 Å². The quantitative estimate of drug-likeness (QED) is 0.148. The van der Waals surface area contributed by atoms with Crippen molar-refractivity contribution < 1.29 is 33.3 Å². The summed E-state index contributed by atoms with van der Waals surface area (Å²) in [6.07, 6.45) is 4.21. The van der Waals surface area contributed by atoms with Gasteiger partial charge in [-0.15, -0.1) is 0 Å². The standard InChI is InChI=1S/C27H31BrO7/c1-27(2,14-8-11-24(29)33-4)26(31)35-23-16-21(20(17-28)15-22(23)32-3)18-34-25(30)13-12-19-9-6-5-7-10-19/h5-7,9-10,12-13,15-16H,8,11,14,17-18H2,1-4H3/b13-12+. The molecule has 0 aliphatic carbocycles. The average molecular weight is 547 g/mol. The van der Waals surface area contributed by atoms with Gasteiger partial charge in [-0.25, -0.2) is 4.79 Å². The van der Waals surface area contributed by atoms with Crippen molar-refractivity contribution in [3.63, 3.8) is 0 Å². The second kappa shape index (κ2) is 13.7. The van der Waals surface area contributed by atoms with Crippen LogP contribution < -0.4 is 9.47 Å². The van der Waals surface area contributed by atoms with Crippen LogP contribution in [0.5, 0.6) is 11.5 Å². The van der Waals surface area contributed by atoms with Crippen LogP contribution in [0.15, 0.2) is 48.5 Å². The lowest BCUT2D eigenvalue weighted by atomic mass is 9.87. The van der Waals surface area contributed by atoms with Crippen LogP contribution in [0.3, 0.4) is 0 Å². The van der Waals surface area contributed by atoms with Gasteiger partial charge in [0.1, 0.15) is 6.61 Å². The van der Waals surface area contributed by atoms with Gasteiger partial charge in [-0.05, 0) is 61.6 Å². The second-order valence-electron chi connectivity index (χ2n) is 8.46. The zero-order valence-electron chi connectivity index (χ0n) is 20.5. The fourth-order valence-electron chi connectivity index (χ4n) is 3.18. The number of hydrogen-bond acceptors (Lipinski definition) is 7. The molecule has 0 N–H and O–H groups in total. The van der Waals surface area contributed by atoms with Crippen molar-refractivity contribution in [3.05, 3.63) is 65.2 Å². The molecule has 8 heteroatoms. The Morgan fingerprint density at radius 1 is 1.00 bits per heavy atom. The van der Waals surface area contributed by atoms with Crippen molar-refractivity contribution in [2.45, 2.75) is 45.0 Å². The molecule has 0 amide bonds. The van der Waals surface area contributed by atoms with Crippen LogP contribution in [-0.4, -0.2) is 32.1 Å². The van der Waals surface area contributed by atoms with Crippen LogP contribution in [0, 0.1) is 5.41 Å². The number of rotatable bonds is 12. The molecule has 0 saturated heterocycles. The number of halogens is 1. The Balaban J connectivity index is 2.11. The summed E-state index contributed by atoms with van der Waals surface area (Å²) in [5, 5.41) is 0.489. The maximum atomic E-state index is 12.9. The number of carbonyl (C=O) groups excluding carboxylic acids is 3. The third kappa shape index (κ3) is 8.87. The van der Waals surface area contributed by atoms with Gasteiger partial charge in [0, 0.05) is 17.8 Å². The molecule has 0 atom stereocenters. The molecule has 2 aromatic rings. The fourth-order valence-corrected chi connectivity index (χ4v) is 3.71.